The van der Waals surface area contributed by atoms with Gasteiger partial charge >= 0.3 is 6.09 Å². The van der Waals surface area contributed by atoms with Crippen molar-refractivity contribution in [1.82, 2.24) is 4.90 Å². The Morgan fingerprint density at radius 3 is 2.75 bits per heavy atom. The van der Waals surface area contributed by atoms with E-state index in [1.54, 1.807) is 0 Å². The minimum absolute atomic E-state index is 0.0685. The van der Waals surface area contributed by atoms with Crippen LogP contribution in [0.25, 0.3) is 0 Å². The Kier molecular flexibility index (Phi) is 5.74. The minimum Gasteiger partial charge on any atom is -0.445 e. The lowest BCUT2D eigenvalue weighted by Gasteiger charge is -2.42. The number of nitrogens with zero attached hydrogens (tertiary/aromatic N) is 1. The van der Waals surface area contributed by atoms with Gasteiger partial charge in [0.25, 0.3) is 0 Å². The van der Waals surface area contributed by atoms with Crippen LogP contribution in [0, 0.1) is 5.41 Å². The summed E-state index contributed by atoms with van der Waals surface area (Å²) in [6.07, 6.45) is 3.63. The summed E-state index contributed by atoms with van der Waals surface area (Å²) in [5, 5.41) is 0. The van der Waals surface area contributed by atoms with Gasteiger partial charge in [-0.05, 0) is 30.2 Å². The summed E-state index contributed by atoms with van der Waals surface area (Å²) in [5.41, 5.74) is 1.08. The summed E-state index contributed by atoms with van der Waals surface area (Å²) in [6, 6.07) is 9.80. The molecule has 0 aromatic heterocycles. The second kappa shape index (κ2) is 7.99. The second-order valence-electron chi connectivity index (χ2n) is 6.79. The number of carbonyl (C=O) groups is 1. The Bertz CT molecular complexity index is 529. The molecule has 24 heavy (non-hydrogen) atoms. The number of amides is 1. The quantitative estimate of drug-likeness (QED) is 0.826. The molecule has 0 N–H and O–H groups in total. The molecular weight excluding hydrogens is 306 g/mol. The van der Waals surface area contributed by atoms with Crippen molar-refractivity contribution in [3.8, 4) is 0 Å². The van der Waals surface area contributed by atoms with Gasteiger partial charge in [-0.25, -0.2) is 4.79 Å². The molecule has 1 amide bonds. The highest BCUT2D eigenvalue weighted by molar-refractivity contribution is 5.67. The maximum atomic E-state index is 12.5. The first kappa shape index (κ1) is 17.2. The molecule has 1 aromatic rings. The van der Waals surface area contributed by atoms with Crippen molar-refractivity contribution in [1.29, 1.82) is 0 Å². The molecule has 2 saturated heterocycles. The van der Waals surface area contributed by atoms with Crippen molar-refractivity contribution in [2.45, 2.75) is 45.5 Å². The number of ether oxygens (including phenoxy) is 3. The van der Waals surface area contributed by atoms with E-state index < -0.39 is 0 Å². The van der Waals surface area contributed by atoms with E-state index in [1.807, 2.05) is 35.2 Å². The molecule has 2 heterocycles. The van der Waals surface area contributed by atoms with Crippen molar-refractivity contribution in [2.24, 2.45) is 5.41 Å². The third-order valence-electron chi connectivity index (χ3n) is 5.17. The first-order chi connectivity index (χ1) is 11.7. The zero-order valence-corrected chi connectivity index (χ0v) is 14.4. The summed E-state index contributed by atoms with van der Waals surface area (Å²) in [5.74, 6) is 0. The lowest BCUT2D eigenvalue weighted by atomic mass is 9.75. The van der Waals surface area contributed by atoms with Gasteiger partial charge in [0.05, 0.1) is 13.2 Å². The number of hydrogen-bond donors (Lipinski definition) is 0. The summed E-state index contributed by atoms with van der Waals surface area (Å²) >= 11 is 0. The Labute approximate surface area is 143 Å². The summed E-state index contributed by atoms with van der Waals surface area (Å²) in [6.45, 7) is 5.35. The highest BCUT2D eigenvalue weighted by Gasteiger charge is 2.39. The zero-order chi connectivity index (χ0) is 16.8. The largest absolute Gasteiger partial charge is 0.445 e. The van der Waals surface area contributed by atoms with E-state index in [0.717, 1.165) is 44.3 Å². The lowest BCUT2D eigenvalue weighted by molar-refractivity contribution is -0.0857. The number of likely N-dealkylation sites (tertiary alicyclic amines) is 1. The third kappa shape index (κ3) is 4.28. The van der Waals surface area contributed by atoms with Gasteiger partial charge in [-0.1, -0.05) is 37.3 Å². The number of benzene rings is 1. The van der Waals surface area contributed by atoms with E-state index in [-0.39, 0.29) is 17.8 Å². The molecule has 2 aliphatic heterocycles. The second-order valence-corrected chi connectivity index (χ2v) is 6.79. The highest BCUT2D eigenvalue weighted by Crippen LogP contribution is 2.39. The van der Waals surface area contributed by atoms with Gasteiger partial charge in [0, 0.05) is 19.5 Å². The SMILES string of the molecule is CC[C@]1(CC2OCCO2)CCCN(C(=O)OCc2ccccc2)C1. The van der Waals surface area contributed by atoms with Crippen LogP contribution in [0.4, 0.5) is 4.79 Å². The van der Waals surface area contributed by atoms with Crippen LogP contribution in [0.15, 0.2) is 30.3 Å². The average molecular weight is 333 g/mol. The molecule has 5 heteroatoms. The van der Waals surface area contributed by atoms with Crippen LogP contribution >= 0.6 is 0 Å². The molecule has 0 saturated carbocycles. The molecule has 132 valence electrons. The van der Waals surface area contributed by atoms with Gasteiger partial charge in [0.15, 0.2) is 6.29 Å². The number of carbonyl (C=O) groups excluding carboxylic acids is 1. The minimum atomic E-state index is -0.218. The van der Waals surface area contributed by atoms with Crippen molar-refractivity contribution in [3.05, 3.63) is 35.9 Å². The molecule has 5 nitrogen and oxygen atoms in total. The maximum absolute atomic E-state index is 12.5. The fraction of sp³-hybridized carbons (Fsp3) is 0.632. The number of rotatable bonds is 5. The fourth-order valence-electron chi connectivity index (χ4n) is 3.65. The van der Waals surface area contributed by atoms with Gasteiger partial charge in [-0.15, -0.1) is 0 Å². The number of hydrogen-bond acceptors (Lipinski definition) is 4. The average Bonchev–Trinajstić information content (AvgIpc) is 3.13. The fourth-order valence-corrected chi connectivity index (χ4v) is 3.65. The molecule has 0 unspecified atom stereocenters. The molecule has 1 aromatic carbocycles. The normalized spacial score (nSPS) is 25.0. The molecule has 0 aliphatic carbocycles. The lowest BCUT2D eigenvalue weighted by Crippen LogP contribution is -2.47. The van der Waals surface area contributed by atoms with Gasteiger partial charge < -0.3 is 19.1 Å². The standard InChI is InChI=1S/C19H27NO4/c1-2-19(13-17-22-11-12-23-17)9-6-10-20(15-19)18(21)24-14-16-7-4-3-5-8-16/h3-5,7-8,17H,2,6,9-15H2,1H3/t19-/m1/s1. The monoisotopic (exact) mass is 333 g/mol. The maximum Gasteiger partial charge on any atom is 0.410 e. The van der Waals surface area contributed by atoms with E-state index >= 15 is 0 Å². The van der Waals surface area contributed by atoms with Crippen LogP contribution in [-0.4, -0.2) is 43.6 Å². The Morgan fingerprint density at radius 1 is 1.29 bits per heavy atom. The Morgan fingerprint density at radius 2 is 2.04 bits per heavy atom. The van der Waals surface area contributed by atoms with E-state index in [2.05, 4.69) is 6.92 Å². The Balaban J connectivity index is 1.55. The predicted molar refractivity (Wildman–Crippen MR) is 90.5 cm³/mol. The van der Waals surface area contributed by atoms with Crippen molar-refractivity contribution in [2.75, 3.05) is 26.3 Å². The molecule has 3 rings (SSSR count). The summed E-state index contributed by atoms with van der Waals surface area (Å²) in [7, 11) is 0. The summed E-state index contributed by atoms with van der Waals surface area (Å²) < 4.78 is 16.8. The van der Waals surface area contributed by atoms with Crippen LogP contribution in [0.3, 0.4) is 0 Å². The van der Waals surface area contributed by atoms with E-state index in [9.17, 15) is 4.79 Å². The van der Waals surface area contributed by atoms with Crippen LogP contribution in [-0.2, 0) is 20.8 Å². The molecule has 0 bridgehead atoms. The highest BCUT2D eigenvalue weighted by atomic mass is 16.7. The van der Waals surface area contributed by atoms with Crippen molar-refractivity contribution in [3.63, 3.8) is 0 Å². The topological polar surface area (TPSA) is 48.0 Å². The number of piperidine rings is 1. The van der Waals surface area contributed by atoms with Crippen LogP contribution in [0.5, 0.6) is 0 Å². The van der Waals surface area contributed by atoms with Crippen LogP contribution in [0.1, 0.15) is 38.2 Å². The zero-order valence-electron chi connectivity index (χ0n) is 14.4. The Hall–Kier alpha value is -1.59. The first-order valence-corrected chi connectivity index (χ1v) is 8.90. The molecule has 2 fully saturated rings. The van der Waals surface area contributed by atoms with E-state index in [1.165, 1.54) is 0 Å². The third-order valence-corrected chi connectivity index (χ3v) is 5.17. The van der Waals surface area contributed by atoms with Gasteiger partial charge in [-0.2, -0.15) is 0 Å². The van der Waals surface area contributed by atoms with Crippen LogP contribution < -0.4 is 0 Å². The molecule has 1 atom stereocenters. The first-order valence-electron chi connectivity index (χ1n) is 8.90. The van der Waals surface area contributed by atoms with E-state index in [0.29, 0.717) is 19.8 Å². The van der Waals surface area contributed by atoms with Gasteiger partial charge in [0.2, 0.25) is 0 Å². The van der Waals surface area contributed by atoms with Crippen molar-refractivity contribution < 1.29 is 19.0 Å². The molecule has 0 spiro atoms. The van der Waals surface area contributed by atoms with Crippen molar-refractivity contribution >= 4 is 6.09 Å². The van der Waals surface area contributed by atoms with Gasteiger partial charge in [0.1, 0.15) is 6.61 Å². The molecular formula is C19H27NO4. The smallest absolute Gasteiger partial charge is 0.410 e. The van der Waals surface area contributed by atoms with Gasteiger partial charge in [-0.3, -0.25) is 0 Å². The van der Waals surface area contributed by atoms with Crippen LogP contribution in [0.2, 0.25) is 0 Å². The van der Waals surface area contributed by atoms with E-state index in [4.69, 9.17) is 14.2 Å². The summed E-state index contributed by atoms with van der Waals surface area (Å²) in [4.78, 5) is 14.3. The predicted octanol–water partition coefficient (Wildman–Crippen LogP) is 3.58. The molecule has 0 radical (unpaired) electrons. The molecule has 2 aliphatic rings.